The number of thiophene rings is 1. The maximum atomic E-state index is 11.9. The molecule has 1 saturated carbocycles. The molecule has 1 aromatic rings. The highest BCUT2D eigenvalue weighted by atomic mass is 32.2. The molecule has 1 aliphatic rings. The minimum absolute atomic E-state index is 0.00875. The van der Waals surface area contributed by atoms with Gasteiger partial charge in [0.25, 0.3) is 0 Å². The van der Waals surface area contributed by atoms with Gasteiger partial charge in [0.1, 0.15) is 4.21 Å². The van der Waals surface area contributed by atoms with Crippen molar-refractivity contribution in [2.24, 2.45) is 5.92 Å². The smallest absolute Gasteiger partial charge is 0.336 e. The molecule has 1 aliphatic carbocycles. The van der Waals surface area contributed by atoms with E-state index in [0.717, 1.165) is 24.2 Å². The molecule has 1 heterocycles. The third kappa shape index (κ3) is 2.85. The average Bonchev–Trinajstić information content (AvgIpc) is 2.93. The van der Waals surface area contributed by atoms with Gasteiger partial charge >= 0.3 is 5.97 Å². The first-order valence-corrected chi connectivity index (χ1v) is 7.60. The molecule has 1 unspecified atom stereocenters. The van der Waals surface area contributed by atoms with E-state index in [-0.39, 0.29) is 15.8 Å². The Labute approximate surface area is 104 Å². The number of carboxylic acid groups (broad SMARTS) is 1. The molecule has 0 spiro atoms. The Hall–Kier alpha value is -0.920. The van der Waals surface area contributed by atoms with Crippen LogP contribution in [0.25, 0.3) is 0 Å². The Bertz CT molecular complexity index is 530. The molecule has 0 bridgehead atoms. The molecular formula is C10H13NO4S2. The summed E-state index contributed by atoms with van der Waals surface area (Å²) in [6.45, 7) is 1.83. The van der Waals surface area contributed by atoms with Crippen LogP contribution in [0.2, 0.25) is 0 Å². The lowest BCUT2D eigenvalue weighted by molar-refractivity contribution is 0.0697. The molecule has 94 valence electrons. The zero-order valence-corrected chi connectivity index (χ0v) is 10.8. The summed E-state index contributed by atoms with van der Waals surface area (Å²) in [4.78, 5) is 10.7. The van der Waals surface area contributed by atoms with Crippen molar-refractivity contribution in [3.63, 3.8) is 0 Å². The number of nitrogens with one attached hydrogen (secondary N) is 1. The highest BCUT2D eigenvalue weighted by Gasteiger charge is 2.31. The number of rotatable bonds is 5. The van der Waals surface area contributed by atoms with Crippen molar-refractivity contribution in [3.8, 4) is 0 Å². The van der Waals surface area contributed by atoms with Crippen molar-refractivity contribution < 1.29 is 18.3 Å². The van der Waals surface area contributed by atoms with Gasteiger partial charge in [0, 0.05) is 11.4 Å². The van der Waals surface area contributed by atoms with Gasteiger partial charge in [-0.05, 0) is 31.7 Å². The summed E-state index contributed by atoms with van der Waals surface area (Å²) in [5.41, 5.74) is 0.00875. The lowest BCUT2D eigenvalue weighted by atomic mass is 10.2. The van der Waals surface area contributed by atoms with E-state index in [4.69, 9.17) is 5.11 Å². The van der Waals surface area contributed by atoms with Crippen LogP contribution < -0.4 is 4.72 Å². The standard InChI is InChI=1S/C10H13NO4S2/c1-6(7-2-3-7)11-17(14,15)9-4-8(5-16-9)10(12)13/h4-7,11H,2-3H2,1H3,(H,12,13). The van der Waals surface area contributed by atoms with Crippen LogP contribution in [-0.2, 0) is 10.0 Å². The van der Waals surface area contributed by atoms with Gasteiger partial charge in [0.2, 0.25) is 10.0 Å². The molecule has 1 aromatic heterocycles. The van der Waals surface area contributed by atoms with Gasteiger partial charge in [-0.25, -0.2) is 17.9 Å². The van der Waals surface area contributed by atoms with E-state index in [9.17, 15) is 13.2 Å². The van der Waals surface area contributed by atoms with Crippen LogP contribution in [0.1, 0.15) is 30.1 Å². The summed E-state index contributed by atoms with van der Waals surface area (Å²) < 4.78 is 26.5. The Kier molecular flexibility index (Phi) is 3.24. The molecule has 5 nitrogen and oxygen atoms in total. The van der Waals surface area contributed by atoms with Crippen molar-refractivity contribution in [2.75, 3.05) is 0 Å². The summed E-state index contributed by atoms with van der Waals surface area (Å²) in [5.74, 6) is -0.693. The van der Waals surface area contributed by atoms with Crippen LogP contribution in [0.15, 0.2) is 15.7 Å². The average molecular weight is 275 g/mol. The number of carbonyl (C=O) groups is 1. The highest BCUT2D eigenvalue weighted by molar-refractivity contribution is 7.91. The third-order valence-corrected chi connectivity index (χ3v) is 5.76. The van der Waals surface area contributed by atoms with Crippen molar-refractivity contribution in [1.29, 1.82) is 0 Å². The number of hydrogen-bond donors (Lipinski definition) is 2. The number of carboxylic acids is 1. The maximum Gasteiger partial charge on any atom is 0.336 e. The van der Waals surface area contributed by atoms with Crippen molar-refractivity contribution in [2.45, 2.75) is 30.0 Å². The molecule has 17 heavy (non-hydrogen) atoms. The molecule has 0 amide bonds. The van der Waals surface area contributed by atoms with Gasteiger partial charge in [-0.2, -0.15) is 0 Å². The third-order valence-electron chi connectivity index (χ3n) is 2.76. The lowest BCUT2D eigenvalue weighted by Gasteiger charge is -2.11. The van der Waals surface area contributed by atoms with Crippen LogP contribution in [0.5, 0.6) is 0 Å². The molecule has 2 N–H and O–H groups in total. The van der Waals surface area contributed by atoms with Crippen LogP contribution in [0, 0.1) is 5.92 Å². The number of hydrogen-bond acceptors (Lipinski definition) is 4. The van der Waals surface area contributed by atoms with E-state index >= 15 is 0 Å². The summed E-state index contributed by atoms with van der Waals surface area (Å²) in [7, 11) is -3.57. The van der Waals surface area contributed by atoms with Gasteiger partial charge in [0.05, 0.1) is 5.56 Å². The van der Waals surface area contributed by atoms with Crippen molar-refractivity contribution >= 4 is 27.3 Å². The molecular weight excluding hydrogens is 262 g/mol. The topological polar surface area (TPSA) is 83.5 Å². The molecule has 0 aliphatic heterocycles. The van der Waals surface area contributed by atoms with E-state index in [1.165, 1.54) is 11.4 Å². The monoisotopic (exact) mass is 275 g/mol. The minimum Gasteiger partial charge on any atom is -0.478 e. The fourth-order valence-corrected chi connectivity index (χ4v) is 4.05. The molecule has 0 saturated heterocycles. The molecule has 0 radical (unpaired) electrons. The highest BCUT2D eigenvalue weighted by Crippen LogP contribution is 2.33. The second-order valence-corrected chi connectivity index (χ2v) is 7.06. The summed E-state index contributed by atoms with van der Waals surface area (Å²) in [6.07, 6.45) is 2.10. The van der Waals surface area contributed by atoms with Gasteiger partial charge in [-0.1, -0.05) is 0 Å². The van der Waals surface area contributed by atoms with Gasteiger partial charge in [-0.3, -0.25) is 0 Å². The van der Waals surface area contributed by atoms with E-state index in [1.54, 1.807) is 0 Å². The maximum absolute atomic E-state index is 11.9. The number of aromatic carboxylic acids is 1. The second-order valence-electron chi connectivity index (χ2n) is 4.21. The Morgan fingerprint density at radius 3 is 2.71 bits per heavy atom. The Morgan fingerprint density at radius 2 is 2.24 bits per heavy atom. The molecule has 0 aromatic carbocycles. The Morgan fingerprint density at radius 1 is 1.59 bits per heavy atom. The first-order chi connectivity index (χ1) is 7.90. The number of sulfonamides is 1. The van der Waals surface area contributed by atoms with Gasteiger partial charge in [-0.15, -0.1) is 11.3 Å². The minimum atomic E-state index is -3.57. The normalized spacial score (nSPS) is 17.9. The summed E-state index contributed by atoms with van der Waals surface area (Å²) in [6, 6.07) is 1.10. The SMILES string of the molecule is CC(NS(=O)(=O)c1cc(C(=O)O)cs1)C1CC1. The van der Waals surface area contributed by atoms with Crippen molar-refractivity contribution in [3.05, 3.63) is 17.0 Å². The first-order valence-electron chi connectivity index (χ1n) is 5.24. The predicted octanol–water partition coefficient (Wildman–Crippen LogP) is 1.52. The summed E-state index contributed by atoms with van der Waals surface area (Å²) in [5, 5.41) is 10.1. The second kappa shape index (κ2) is 4.40. The quantitative estimate of drug-likeness (QED) is 0.853. The fraction of sp³-hybridized carbons (Fsp3) is 0.500. The van der Waals surface area contributed by atoms with Crippen LogP contribution in [-0.4, -0.2) is 25.5 Å². The molecule has 1 fully saturated rings. The zero-order valence-electron chi connectivity index (χ0n) is 9.21. The van der Waals surface area contributed by atoms with Crippen LogP contribution >= 0.6 is 11.3 Å². The fourth-order valence-electron chi connectivity index (χ4n) is 1.56. The Balaban J connectivity index is 2.15. The molecule has 1 atom stereocenters. The van der Waals surface area contributed by atoms with Crippen molar-refractivity contribution in [1.82, 2.24) is 4.72 Å². The van der Waals surface area contributed by atoms with E-state index in [1.807, 2.05) is 6.92 Å². The van der Waals surface area contributed by atoms with E-state index in [2.05, 4.69) is 4.72 Å². The van der Waals surface area contributed by atoms with E-state index < -0.39 is 16.0 Å². The van der Waals surface area contributed by atoms with Crippen LogP contribution in [0.4, 0.5) is 0 Å². The lowest BCUT2D eigenvalue weighted by Crippen LogP contribution is -2.33. The van der Waals surface area contributed by atoms with E-state index in [0.29, 0.717) is 5.92 Å². The van der Waals surface area contributed by atoms with Gasteiger partial charge in [0.15, 0.2) is 0 Å². The molecule has 7 heteroatoms. The first kappa shape index (κ1) is 12.5. The largest absolute Gasteiger partial charge is 0.478 e. The van der Waals surface area contributed by atoms with Gasteiger partial charge < -0.3 is 5.11 Å². The zero-order chi connectivity index (χ0) is 12.6. The summed E-state index contributed by atoms with van der Waals surface area (Å²) >= 11 is 0.928. The molecule has 2 rings (SSSR count). The van der Waals surface area contributed by atoms with Crippen LogP contribution in [0.3, 0.4) is 0 Å². The predicted molar refractivity (Wildman–Crippen MR) is 63.8 cm³/mol.